The van der Waals surface area contributed by atoms with Gasteiger partial charge in [0.25, 0.3) is 0 Å². The van der Waals surface area contributed by atoms with Crippen LogP contribution in [0.2, 0.25) is 0 Å². The van der Waals surface area contributed by atoms with Crippen molar-refractivity contribution in [2.24, 2.45) is 17.8 Å². The number of aliphatic carboxylic acids is 1. The van der Waals surface area contributed by atoms with Gasteiger partial charge in [0, 0.05) is 5.92 Å². The third-order valence-corrected chi connectivity index (χ3v) is 8.06. The lowest BCUT2D eigenvalue weighted by atomic mass is 9.55. The summed E-state index contributed by atoms with van der Waals surface area (Å²) in [4.78, 5) is 40.2. The molecule has 5 nitrogen and oxygen atoms in total. The van der Waals surface area contributed by atoms with E-state index < -0.39 is 34.1 Å². The van der Waals surface area contributed by atoms with Gasteiger partial charge >= 0.3 is 5.97 Å². The van der Waals surface area contributed by atoms with Gasteiger partial charge in [-0.2, -0.15) is 0 Å². The number of alkyl halides is 1. The van der Waals surface area contributed by atoms with Gasteiger partial charge in [0.1, 0.15) is 6.04 Å². The molecule has 1 saturated heterocycles. The molecular weight excluding hydrogens is 434 g/mol. The number of halogens is 1. The van der Waals surface area contributed by atoms with Crippen molar-refractivity contribution < 1.29 is 19.5 Å². The molecule has 0 spiro atoms. The average Bonchev–Trinajstić information content (AvgIpc) is 2.95. The number of hydrogen-bond acceptors (Lipinski definition) is 3. The van der Waals surface area contributed by atoms with Gasteiger partial charge in [0.05, 0.1) is 16.2 Å². The van der Waals surface area contributed by atoms with Gasteiger partial charge in [-0.1, -0.05) is 78.3 Å². The number of rotatable bonds is 3. The first-order valence-electron chi connectivity index (χ1n) is 9.77. The number of carboxylic acid groups (broad SMARTS) is 1. The van der Waals surface area contributed by atoms with Crippen LogP contribution in [0.5, 0.6) is 0 Å². The molecular formula is C23H20BrNO4. The Balaban J connectivity index is 1.77. The van der Waals surface area contributed by atoms with Crippen molar-refractivity contribution in [3.05, 3.63) is 70.8 Å². The first-order chi connectivity index (χ1) is 13.8. The van der Waals surface area contributed by atoms with Crippen molar-refractivity contribution in [1.29, 1.82) is 0 Å². The minimum Gasteiger partial charge on any atom is -0.480 e. The van der Waals surface area contributed by atoms with E-state index in [1.54, 1.807) is 13.8 Å². The minimum atomic E-state index is -1.16. The molecule has 29 heavy (non-hydrogen) atoms. The predicted molar refractivity (Wildman–Crippen MR) is 110 cm³/mol. The van der Waals surface area contributed by atoms with Crippen molar-refractivity contribution in [3.8, 4) is 0 Å². The van der Waals surface area contributed by atoms with Crippen LogP contribution >= 0.6 is 15.9 Å². The van der Waals surface area contributed by atoms with E-state index in [1.165, 1.54) is 0 Å². The molecule has 2 bridgehead atoms. The molecule has 0 unspecified atom stereocenters. The van der Waals surface area contributed by atoms with Gasteiger partial charge in [-0.15, -0.1) is 0 Å². The molecule has 2 aromatic carbocycles. The monoisotopic (exact) mass is 453 g/mol. The molecule has 6 rings (SSSR count). The molecule has 1 aliphatic heterocycles. The normalized spacial score (nSPS) is 30.2. The van der Waals surface area contributed by atoms with E-state index in [2.05, 4.69) is 15.9 Å². The summed E-state index contributed by atoms with van der Waals surface area (Å²) >= 11 is 3.91. The number of carbonyl (C=O) groups excluding carboxylic acids is 2. The topological polar surface area (TPSA) is 74.7 Å². The number of hydrogen-bond donors (Lipinski definition) is 1. The molecule has 1 heterocycles. The number of nitrogens with zero attached hydrogens (tertiary/aromatic N) is 1. The van der Waals surface area contributed by atoms with Gasteiger partial charge < -0.3 is 5.11 Å². The zero-order valence-electron chi connectivity index (χ0n) is 16.0. The average molecular weight is 454 g/mol. The summed E-state index contributed by atoms with van der Waals surface area (Å²) in [7, 11) is 0. The van der Waals surface area contributed by atoms with Crippen molar-refractivity contribution in [3.63, 3.8) is 0 Å². The van der Waals surface area contributed by atoms with Gasteiger partial charge in [0.15, 0.2) is 0 Å². The second-order valence-electron chi connectivity index (χ2n) is 8.44. The zero-order valence-corrected chi connectivity index (χ0v) is 17.6. The lowest BCUT2D eigenvalue weighted by molar-refractivity contribution is -0.157. The molecule has 2 amide bonds. The van der Waals surface area contributed by atoms with Crippen LogP contribution in [0.1, 0.15) is 42.0 Å². The van der Waals surface area contributed by atoms with E-state index in [4.69, 9.17) is 0 Å². The Morgan fingerprint density at radius 1 is 1.00 bits per heavy atom. The fourth-order valence-corrected chi connectivity index (χ4v) is 6.87. The van der Waals surface area contributed by atoms with Crippen LogP contribution in [-0.4, -0.2) is 33.8 Å². The molecule has 0 radical (unpaired) electrons. The van der Waals surface area contributed by atoms with Crippen molar-refractivity contribution in [2.45, 2.75) is 30.1 Å². The highest BCUT2D eigenvalue weighted by molar-refractivity contribution is 9.09. The maximum absolute atomic E-state index is 13.6. The zero-order chi connectivity index (χ0) is 20.7. The molecule has 0 saturated carbocycles. The van der Waals surface area contributed by atoms with Gasteiger partial charge in [-0.05, 0) is 28.2 Å². The number of imide groups is 1. The Bertz CT molecular complexity index is 1030. The first kappa shape index (κ1) is 18.6. The highest BCUT2D eigenvalue weighted by atomic mass is 79.9. The summed E-state index contributed by atoms with van der Waals surface area (Å²) in [6.07, 6.45) is 0. The van der Waals surface area contributed by atoms with E-state index in [0.717, 1.165) is 27.2 Å². The van der Waals surface area contributed by atoms with Gasteiger partial charge in [0.2, 0.25) is 11.8 Å². The number of carboxylic acids is 1. The van der Waals surface area contributed by atoms with Crippen LogP contribution < -0.4 is 0 Å². The Morgan fingerprint density at radius 3 is 2.00 bits per heavy atom. The number of benzene rings is 2. The molecule has 2 aromatic rings. The maximum atomic E-state index is 13.6. The minimum absolute atomic E-state index is 0.255. The number of carbonyl (C=O) groups is 3. The first-order valence-corrected chi connectivity index (χ1v) is 10.6. The molecule has 148 valence electrons. The van der Waals surface area contributed by atoms with Crippen LogP contribution in [0.3, 0.4) is 0 Å². The molecule has 4 aliphatic rings. The Morgan fingerprint density at radius 2 is 1.52 bits per heavy atom. The Hall–Kier alpha value is -2.47. The van der Waals surface area contributed by atoms with E-state index in [9.17, 15) is 19.5 Å². The molecule has 1 fully saturated rings. The number of likely N-dealkylation sites (tertiary alicyclic amines) is 1. The third-order valence-electron chi connectivity index (χ3n) is 6.71. The van der Waals surface area contributed by atoms with E-state index >= 15 is 0 Å². The van der Waals surface area contributed by atoms with Crippen LogP contribution in [0.4, 0.5) is 0 Å². The fourth-order valence-electron chi connectivity index (χ4n) is 5.67. The van der Waals surface area contributed by atoms with E-state index in [0.29, 0.717) is 0 Å². The lowest BCUT2D eigenvalue weighted by Gasteiger charge is -2.51. The van der Waals surface area contributed by atoms with Crippen molar-refractivity contribution in [2.75, 3.05) is 0 Å². The lowest BCUT2D eigenvalue weighted by Crippen LogP contribution is -2.50. The van der Waals surface area contributed by atoms with Crippen LogP contribution in [-0.2, 0) is 18.7 Å². The van der Waals surface area contributed by atoms with Crippen molar-refractivity contribution in [1.82, 2.24) is 4.90 Å². The second kappa shape index (κ2) is 6.02. The highest BCUT2D eigenvalue weighted by Gasteiger charge is 2.68. The summed E-state index contributed by atoms with van der Waals surface area (Å²) in [5.74, 6) is -3.82. The third kappa shape index (κ3) is 2.13. The van der Waals surface area contributed by atoms with Crippen LogP contribution in [0.25, 0.3) is 0 Å². The highest BCUT2D eigenvalue weighted by Crippen LogP contribution is 2.66. The summed E-state index contributed by atoms with van der Waals surface area (Å²) < 4.78 is -0.846. The number of amides is 2. The molecule has 0 aromatic heterocycles. The summed E-state index contributed by atoms with van der Waals surface area (Å²) in [6, 6.07) is 14.6. The fraction of sp³-hybridized carbons (Fsp3) is 0.348. The quantitative estimate of drug-likeness (QED) is 0.569. The van der Waals surface area contributed by atoms with Crippen LogP contribution in [0, 0.1) is 17.8 Å². The summed E-state index contributed by atoms with van der Waals surface area (Å²) in [6.45, 7) is 3.45. The summed E-state index contributed by atoms with van der Waals surface area (Å²) in [5.41, 5.74) is 4.04. The molecule has 3 aliphatic carbocycles. The second-order valence-corrected chi connectivity index (χ2v) is 9.69. The largest absolute Gasteiger partial charge is 0.480 e. The van der Waals surface area contributed by atoms with E-state index in [-0.39, 0.29) is 17.7 Å². The molecule has 6 heteroatoms. The smallest absolute Gasteiger partial charge is 0.327 e. The van der Waals surface area contributed by atoms with Gasteiger partial charge in [-0.3, -0.25) is 14.5 Å². The van der Waals surface area contributed by atoms with Crippen LogP contribution in [0.15, 0.2) is 48.5 Å². The summed E-state index contributed by atoms with van der Waals surface area (Å²) in [5, 5.41) is 9.77. The van der Waals surface area contributed by atoms with Crippen molar-refractivity contribution >= 4 is 33.7 Å². The standard InChI is InChI=1S/C23H20BrNO4/c1-11(2)19(22(28)29)25-20(26)17-16-12-7-3-5-9-14(12)23(24,18(17)21(25)27)15-10-6-4-8-13(15)16/h3-11,16-19H,1-2H3,(H,28,29)/t16?,17-,18+,19+,23?/m1/s1. The van der Waals surface area contributed by atoms with Gasteiger partial charge in [-0.25, -0.2) is 4.79 Å². The molecule has 1 N–H and O–H groups in total. The predicted octanol–water partition coefficient (Wildman–Crippen LogP) is 3.49. The SMILES string of the molecule is CC(C)[C@@H](C(=O)O)N1C(=O)[C@@H]2C3c4ccccc4C(Br)(c4ccccc43)[C@@H]2C1=O. The van der Waals surface area contributed by atoms with E-state index in [1.807, 2.05) is 48.5 Å². The Labute approximate surface area is 176 Å². The maximum Gasteiger partial charge on any atom is 0.327 e. The Kier molecular flexibility index (Phi) is 3.85. The molecule has 3 atom stereocenters.